The molecule has 106 valence electrons. The van der Waals surface area contributed by atoms with Crippen LogP contribution in [0.1, 0.15) is 31.6 Å². The summed E-state index contributed by atoms with van der Waals surface area (Å²) < 4.78 is 5.87. The van der Waals surface area contributed by atoms with Crippen molar-refractivity contribution < 1.29 is 4.74 Å². The standard InChI is InChI=1S/C14H23N3OS/c1-14(2)7-5-11(18-14)10-17-13(15)16-8-6-12-4-3-9-19-12/h3-4,9,11H,5-8,10H2,1-2H3,(H3,15,16,17). The predicted molar refractivity (Wildman–Crippen MR) is 80.7 cm³/mol. The van der Waals surface area contributed by atoms with Gasteiger partial charge in [0.2, 0.25) is 0 Å². The number of hydrogen-bond acceptors (Lipinski definition) is 3. The largest absolute Gasteiger partial charge is 0.370 e. The molecule has 2 heterocycles. The van der Waals surface area contributed by atoms with Crippen LogP contribution in [0.3, 0.4) is 0 Å². The van der Waals surface area contributed by atoms with E-state index in [9.17, 15) is 0 Å². The molecule has 3 N–H and O–H groups in total. The summed E-state index contributed by atoms with van der Waals surface area (Å²) in [4.78, 5) is 5.71. The van der Waals surface area contributed by atoms with Gasteiger partial charge in [0.1, 0.15) is 0 Å². The third-order valence-electron chi connectivity index (χ3n) is 3.28. The number of nitrogens with zero attached hydrogens (tertiary/aromatic N) is 1. The highest BCUT2D eigenvalue weighted by atomic mass is 32.1. The summed E-state index contributed by atoms with van der Waals surface area (Å²) in [5, 5.41) is 5.23. The molecule has 0 saturated carbocycles. The van der Waals surface area contributed by atoms with Crippen LogP contribution in [0.5, 0.6) is 0 Å². The van der Waals surface area contributed by atoms with Crippen molar-refractivity contribution in [1.29, 1.82) is 0 Å². The van der Waals surface area contributed by atoms with Crippen molar-refractivity contribution in [2.75, 3.05) is 13.1 Å². The van der Waals surface area contributed by atoms with E-state index in [4.69, 9.17) is 10.5 Å². The van der Waals surface area contributed by atoms with Gasteiger partial charge in [-0.15, -0.1) is 11.3 Å². The van der Waals surface area contributed by atoms with E-state index in [0.29, 0.717) is 12.5 Å². The molecule has 1 aromatic rings. The number of rotatable bonds is 5. The van der Waals surface area contributed by atoms with E-state index in [0.717, 1.165) is 25.8 Å². The van der Waals surface area contributed by atoms with Gasteiger partial charge in [-0.3, -0.25) is 4.99 Å². The monoisotopic (exact) mass is 281 g/mol. The summed E-state index contributed by atoms with van der Waals surface area (Å²) in [6.07, 6.45) is 3.37. The van der Waals surface area contributed by atoms with Crippen LogP contribution in [0.2, 0.25) is 0 Å². The van der Waals surface area contributed by atoms with Crippen molar-refractivity contribution >= 4 is 17.3 Å². The van der Waals surface area contributed by atoms with Crippen LogP contribution in [0.4, 0.5) is 0 Å². The summed E-state index contributed by atoms with van der Waals surface area (Å²) in [7, 11) is 0. The van der Waals surface area contributed by atoms with E-state index in [2.05, 4.69) is 41.7 Å². The van der Waals surface area contributed by atoms with Crippen molar-refractivity contribution in [3.05, 3.63) is 22.4 Å². The van der Waals surface area contributed by atoms with Gasteiger partial charge in [0.05, 0.1) is 18.2 Å². The van der Waals surface area contributed by atoms with E-state index >= 15 is 0 Å². The van der Waals surface area contributed by atoms with Gasteiger partial charge in [0.15, 0.2) is 5.96 Å². The first kappa shape index (κ1) is 14.3. The van der Waals surface area contributed by atoms with Crippen LogP contribution >= 0.6 is 11.3 Å². The quantitative estimate of drug-likeness (QED) is 0.642. The number of nitrogens with two attached hydrogens (primary N) is 1. The molecular formula is C14H23N3OS. The highest BCUT2D eigenvalue weighted by molar-refractivity contribution is 7.09. The van der Waals surface area contributed by atoms with Gasteiger partial charge < -0.3 is 15.8 Å². The number of thiophene rings is 1. The summed E-state index contributed by atoms with van der Waals surface area (Å²) in [6.45, 7) is 5.73. The second-order valence-corrected chi connectivity index (χ2v) is 6.55. The van der Waals surface area contributed by atoms with Crippen LogP contribution in [0, 0.1) is 0 Å². The van der Waals surface area contributed by atoms with Gasteiger partial charge in [-0.2, -0.15) is 0 Å². The van der Waals surface area contributed by atoms with E-state index in [-0.39, 0.29) is 11.7 Å². The Hall–Kier alpha value is -1.07. The van der Waals surface area contributed by atoms with Crippen molar-refractivity contribution in [3.63, 3.8) is 0 Å². The normalized spacial score (nSPS) is 22.6. The molecule has 0 aromatic carbocycles. The molecule has 19 heavy (non-hydrogen) atoms. The van der Waals surface area contributed by atoms with Crippen molar-refractivity contribution in [2.45, 2.75) is 44.8 Å². The van der Waals surface area contributed by atoms with Gasteiger partial charge in [-0.25, -0.2) is 0 Å². The number of ether oxygens (including phenoxy) is 1. The van der Waals surface area contributed by atoms with Crippen LogP contribution < -0.4 is 11.1 Å². The van der Waals surface area contributed by atoms with Gasteiger partial charge >= 0.3 is 0 Å². The molecule has 1 saturated heterocycles. The number of aliphatic imine (C=N–C) groups is 1. The van der Waals surface area contributed by atoms with Gasteiger partial charge in [0, 0.05) is 11.4 Å². The Morgan fingerprint density at radius 3 is 3.11 bits per heavy atom. The third kappa shape index (κ3) is 4.84. The molecule has 1 atom stereocenters. The van der Waals surface area contributed by atoms with Crippen LogP contribution in [0.25, 0.3) is 0 Å². The molecule has 0 spiro atoms. The molecular weight excluding hydrogens is 258 g/mol. The maximum absolute atomic E-state index is 5.87. The van der Waals surface area contributed by atoms with E-state index in [1.165, 1.54) is 4.88 Å². The Balaban J connectivity index is 1.65. The molecule has 2 rings (SSSR count). The summed E-state index contributed by atoms with van der Waals surface area (Å²) in [5.74, 6) is 0.518. The average molecular weight is 281 g/mol. The lowest BCUT2D eigenvalue weighted by atomic mass is 10.1. The average Bonchev–Trinajstić information content (AvgIpc) is 2.96. The van der Waals surface area contributed by atoms with Crippen LogP contribution in [-0.4, -0.2) is 30.8 Å². The Morgan fingerprint density at radius 2 is 2.47 bits per heavy atom. The molecule has 5 heteroatoms. The molecule has 0 bridgehead atoms. The maximum atomic E-state index is 5.87. The van der Waals surface area contributed by atoms with E-state index < -0.39 is 0 Å². The second kappa shape index (κ2) is 6.39. The number of guanidine groups is 1. The topological polar surface area (TPSA) is 59.6 Å². The van der Waals surface area contributed by atoms with Gasteiger partial charge in [0.25, 0.3) is 0 Å². The fourth-order valence-electron chi connectivity index (χ4n) is 2.23. The Kier molecular flexibility index (Phi) is 4.82. The van der Waals surface area contributed by atoms with Crippen molar-refractivity contribution in [2.24, 2.45) is 10.7 Å². The van der Waals surface area contributed by atoms with Gasteiger partial charge in [-0.1, -0.05) is 6.07 Å². The summed E-state index contributed by atoms with van der Waals surface area (Å²) in [5.41, 5.74) is 5.85. The zero-order chi connectivity index (χ0) is 13.7. The van der Waals surface area contributed by atoms with Crippen molar-refractivity contribution in [1.82, 2.24) is 5.32 Å². The minimum atomic E-state index is 0.00154. The van der Waals surface area contributed by atoms with E-state index in [1.807, 2.05) is 0 Å². The molecule has 1 aliphatic rings. The third-order valence-corrected chi connectivity index (χ3v) is 4.21. The summed E-state index contributed by atoms with van der Waals surface area (Å²) in [6, 6.07) is 4.20. The lowest BCUT2D eigenvalue weighted by Crippen LogP contribution is -2.34. The zero-order valence-electron chi connectivity index (χ0n) is 11.7. The Bertz CT molecular complexity index is 414. The summed E-state index contributed by atoms with van der Waals surface area (Å²) >= 11 is 1.77. The number of nitrogens with one attached hydrogen (secondary N) is 1. The second-order valence-electron chi connectivity index (χ2n) is 5.52. The van der Waals surface area contributed by atoms with Crippen LogP contribution in [0.15, 0.2) is 22.5 Å². The lowest BCUT2D eigenvalue weighted by Gasteiger charge is -2.18. The molecule has 0 aliphatic carbocycles. The molecule has 1 aliphatic heterocycles. The SMILES string of the molecule is CC1(C)CCC(CN=C(N)NCCc2cccs2)O1. The minimum absolute atomic E-state index is 0.00154. The molecule has 1 aromatic heterocycles. The fourth-order valence-corrected chi connectivity index (χ4v) is 2.94. The molecule has 1 unspecified atom stereocenters. The predicted octanol–water partition coefficient (Wildman–Crippen LogP) is 2.15. The highest BCUT2D eigenvalue weighted by Crippen LogP contribution is 2.29. The zero-order valence-corrected chi connectivity index (χ0v) is 12.5. The first-order chi connectivity index (χ1) is 9.05. The van der Waals surface area contributed by atoms with Crippen molar-refractivity contribution in [3.8, 4) is 0 Å². The first-order valence-electron chi connectivity index (χ1n) is 6.79. The number of hydrogen-bond donors (Lipinski definition) is 2. The van der Waals surface area contributed by atoms with E-state index in [1.54, 1.807) is 11.3 Å². The molecule has 0 radical (unpaired) electrons. The molecule has 0 amide bonds. The highest BCUT2D eigenvalue weighted by Gasteiger charge is 2.31. The molecule has 1 fully saturated rings. The van der Waals surface area contributed by atoms with Gasteiger partial charge in [-0.05, 0) is 44.6 Å². The van der Waals surface area contributed by atoms with Crippen LogP contribution in [-0.2, 0) is 11.2 Å². The lowest BCUT2D eigenvalue weighted by molar-refractivity contribution is -0.0106. The smallest absolute Gasteiger partial charge is 0.188 e. The maximum Gasteiger partial charge on any atom is 0.188 e. The first-order valence-corrected chi connectivity index (χ1v) is 7.67. The Morgan fingerprint density at radius 1 is 1.63 bits per heavy atom. The molecule has 4 nitrogen and oxygen atoms in total. The minimum Gasteiger partial charge on any atom is -0.370 e. The Labute approximate surface area is 119 Å². The fraction of sp³-hybridized carbons (Fsp3) is 0.643.